The Morgan fingerprint density at radius 3 is 2.46 bits per heavy atom. The van der Waals surface area contributed by atoms with Crippen LogP contribution in [0, 0.1) is 12.8 Å². The van der Waals surface area contributed by atoms with Crippen molar-refractivity contribution < 1.29 is 4.79 Å². The summed E-state index contributed by atoms with van der Waals surface area (Å²) in [6.07, 6.45) is 1.61. The van der Waals surface area contributed by atoms with E-state index >= 15 is 0 Å². The molecule has 0 unspecified atom stereocenters. The van der Waals surface area contributed by atoms with Crippen LogP contribution in [0.5, 0.6) is 0 Å². The van der Waals surface area contributed by atoms with Gasteiger partial charge < -0.3 is 5.32 Å². The highest BCUT2D eigenvalue weighted by atomic mass is 16.2. The van der Waals surface area contributed by atoms with Crippen LogP contribution in [0.2, 0.25) is 0 Å². The summed E-state index contributed by atoms with van der Waals surface area (Å²) in [6, 6.07) is 18.3. The lowest BCUT2D eigenvalue weighted by atomic mass is 10.1. The van der Waals surface area contributed by atoms with Gasteiger partial charge in [-0.05, 0) is 36.5 Å². The third-order valence-electron chi connectivity index (χ3n) is 4.69. The van der Waals surface area contributed by atoms with Crippen molar-refractivity contribution in [3.8, 4) is 11.3 Å². The SMILES string of the molecule is Cc1ccccc1-c1cc(NC(=O)C2Cc3ccccc3C2)n[nH]1. The number of carbonyl (C=O) groups excluding carboxylic acids is 1. The molecule has 0 radical (unpaired) electrons. The number of rotatable bonds is 3. The summed E-state index contributed by atoms with van der Waals surface area (Å²) >= 11 is 0. The van der Waals surface area contributed by atoms with Gasteiger partial charge >= 0.3 is 0 Å². The van der Waals surface area contributed by atoms with Crippen LogP contribution in [-0.2, 0) is 17.6 Å². The molecule has 0 fully saturated rings. The molecule has 4 rings (SSSR count). The highest BCUT2D eigenvalue weighted by Crippen LogP contribution is 2.28. The maximum atomic E-state index is 12.5. The summed E-state index contributed by atoms with van der Waals surface area (Å²) in [6.45, 7) is 2.06. The van der Waals surface area contributed by atoms with Crippen LogP contribution < -0.4 is 5.32 Å². The van der Waals surface area contributed by atoms with E-state index in [1.165, 1.54) is 16.7 Å². The predicted molar refractivity (Wildman–Crippen MR) is 94.7 cm³/mol. The van der Waals surface area contributed by atoms with Crippen molar-refractivity contribution in [2.45, 2.75) is 19.8 Å². The largest absolute Gasteiger partial charge is 0.309 e. The van der Waals surface area contributed by atoms with Gasteiger partial charge in [-0.25, -0.2) is 0 Å². The summed E-state index contributed by atoms with van der Waals surface area (Å²) in [7, 11) is 0. The monoisotopic (exact) mass is 317 g/mol. The minimum absolute atomic E-state index is 0.0130. The third-order valence-corrected chi connectivity index (χ3v) is 4.69. The quantitative estimate of drug-likeness (QED) is 0.773. The highest BCUT2D eigenvalue weighted by Gasteiger charge is 2.27. The Morgan fingerprint density at radius 1 is 1.08 bits per heavy atom. The Hall–Kier alpha value is -2.88. The average Bonchev–Trinajstić information content (AvgIpc) is 3.22. The number of fused-ring (bicyclic) bond motifs is 1. The van der Waals surface area contributed by atoms with E-state index in [2.05, 4.69) is 40.6 Å². The van der Waals surface area contributed by atoms with Crippen LogP contribution in [0.1, 0.15) is 16.7 Å². The molecule has 0 saturated heterocycles. The number of hydrogen-bond acceptors (Lipinski definition) is 2. The number of aromatic amines is 1. The van der Waals surface area contributed by atoms with E-state index in [9.17, 15) is 4.79 Å². The Kier molecular flexibility index (Phi) is 3.65. The Morgan fingerprint density at radius 2 is 1.75 bits per heavy atom. The van der Waals surface area contributed by atoms with Crippen molar-refractivity contribution in [2.75, 3.05) is 5.32 Å². The molecule has 4 nitrogen and oxygen atoms in total. The lowest BCUT2D eigenvalue weighted by Crippen LogP contribution is -2.23. The molecule has 0 aliphatic heterocycles. The standard InChI is InChI=1S/C20H19N3O/c1-13-6-2-5-9-17(13)18-12-19(23-22-18)21-20(24)16-10-14-7-3-4-8-15(14)11-16/h2-9,12,16H,10-11H2,1H3,(H2,21,22,23,24). The Balaban J connectivity index is 1.47. The summed E-state index contributed by atoms with van der Waals surface area (Å²) in [5, 5.41) is 10.2. The lowest BCUT2D eigenvalue weighted by molar-refractivity contribution is -0.119. The number of benzene rings is 2. The van der Waals surface area contributed by atoms with Crippen LogP contribution in [-0.4, -0.2) is 16.1 Å². The van der Waals surface area contributed by atoms with Gasteiger partial charge in [0.25, 0.3) is 0 Å². The predicted octanol–water partition coefficient (Wildman–Crippen LogP) is 3.74. The third kappa shape index (κ3) is 2.71. The number of H-pyrrole nitrogens is 1. The Labute approximate surface area is 140 Å². The van der Waals surface area contributed by atoms with Crippen molar-refractivity contribution in [2.24, 2.45) is 5.92 Å². The molecule has 1 aliphatic carbocycles. The number of amides is 1. The van der Waals surface area contributed by atoms with Crippen molar-refractivity contribution in [1.82, 2.24) is 10.2 Å². The number of nitrogens with one attached hydrogen (secondary N) is 2. The number of aryl methyl sites for hydroxylation is 1. The molecule has 1 heterocycles. The zero-order chi connectivity index (χ0) is 16.5. The number of hydrogen-bond donors (Lipinski definition) is 2. The first-order valence-electron chi connectivity index (χ1n) is 8.20. The van der Waals surface area contributed by atoms with Crippen LogP contribution in [0.3, 0.4) is 0 Å². The summed E-state index contributed by atoms with van der Waals surface area (Å²) < 4.78 is 0. The fraction of sp³-hybridized carbons (Fsp3) is 0.200. The number of nitrogens with zero attached hydrogens (tertiary/aromatic N) is 1. The molecular formula is C20H19N3O. The molecule has 4 heteroatoms. The first-order valence-corrected chi connectivity index (χ1v) is 8.20. The van der Waals surface area contributed by atoms with Gasteiger partial charge in [-0.1, -0.05) is 48.5 Å². The second-order valence-electron chi connectivity index (χ2n) is 6.34. The van der Waals surface area contributed by atoms with Gasteiger partial charge in [0.15, 0.2) is 5.82 Å². The minimum Gasteiger partial charge on any atom is -0.309 e. The molecule has 0 bridgehead atoms. The molecule has 0 spiro atoms. The van der Waals surface area contributed by atoms with Crippen molar-refractivity contribution in [3.05, 3.63) is 71.3 Å². The zero-order valence-electron chi connectivity index (χ0n) is 13.5. The van der Waals surface area contributed by atoms with Crippen molar-refractivity contribution in [1.29, 1.82) is 0 Å². The van der Waals surface area contributed by atoms with Crippen LogP contribution in [0.4, 0.5) is 5.82 Å². The van der Waals surface area contributed by atoms with Gasteiger partial charge in [-0.15, -0.1) is 0 Å². The second kappa shape index (κ2) is 5.96. The van der Waals surface area contributed by atoms with E-state index in [0.717, 1.165) is 24.1 Å². The molecule has 24 heavy (non-hydrogen) atoms. The molecule has 1 amide bonds. The highest BCUT2D eigenvalue weighted by molar-refractivity contribution is 5.93. The fourth-order valence-electron chi connectivity index (χ4n) is 3.37. The minimum atomic E-state index is -0.0130. The normalized spacial score (nSPS) is 13.7. The van der Waals surface area contributed by atoms with Crippen molar-refractivity contribution in [3.63, 3.8) is 0 Å². The van der Waals surface area contributed by atoms with Gasteiger partial charge in [-0.2, -0.15) is 5.10 Å². The summed E-state index contributed by atoms with van der Waals surface area (Å²) in [5.41, 5.74) is 5.74. The van der Waals surface area contributed by atoms with Crippen molar-refractivity contribution >= 4 is 11.7 Å². The molecular weight excluding hydrogens is 298 g/mol. The molecule has 120 valence electrons. The summed E-state index contributed by atoms with van der Waals surface area (Å²) in [4.78, 5) is 12.5. The molecule has 3 aromatic rings. The molecule has 2 aromatic carbocycles. The first kappa shape index (κ1) is 14.7. The van der Waals surface area contributed by atoms with E-state index in [0.29, 0.717) is 5.82 Å². The number of aromatic nitrogens is 2. The van der Waals surface area contributed by atoms with Gasteiger partial charge in [-0.3, -0.25) is 9.89 Å². The molecule has 2 N–H and O–H groups in total. The fourth-order valence-corrected chi connectivity index (χ4v) is 3.37. The van der Waals surface area contributed by atoms with E-state index < -0.39 is 0 Å². The second-order valence-corrected chi connectivity index (χ2v) is 6.34. The first-order chi connectivity index (χ1) is 11.7. The van der Waals surface area contributed by atoms with E-state index in [1.54, 1.807) is 0 Å². The Bertz CT molecular complexity index is 872. The average molecular weight is 317 g/mol. The van der Waals surface area contributed by atoms with Gasteiger partial charge in [0, 0.05) is 17.5 Å². The number of anilines is 1. The van der Waals surface area contributed by atoms with E-state index in [4.69, 9.17) is 0 Å². The van der Waals surface area contributed by atoms with Gasteiger partial charge in [0.1, 0.15) is 0 Å². The topological polar surface area (TPSA) is 57.8 Å². The van der Waals surface area contributed by atoms with E-state index in [-0.39, 0.29) is 11.8 Å². The van der Waals surface area contributed by atoms with E-state index in [1.807, 2.05) is 36.4 Å². The number of carbonyl (C=O) groups is 1. The van der Waals surface area contributed by atoms with Gasteiger partial charge in [0.2, 0.25) is 5.91 Å². The molecule has 1 aromatic heterocycles. The maximum Gasteiger partial charge on any atom is 0.229 e. The van der Waals surface area contributed by atoms with Crippen LogP contribution >= 0.6 is 0 Å². The van der Waals surface area contributed by atoms with Crippen LogP contribution in [0.15, 0.2) is 54.6 Å². The maximum absolute atomic E-state index is 12.5. The molecule has 0 saturated carbocycles. The zero-order valence-corrected chi connectivity index (χ0v) is 13.5. The summed E-state index contributed by atoms with van der Waals surface area (Å²) in [5.74, 6) is 0.601. The van der Waals surface area contributed by atoms with Crippen LogP contribution in [0.25, 0.3) is 11.3 Å². The smallest absolute Gasteiger partial charge is 0.229 e. The molecule has 1 aliphatic rings. The lowest BCUT2D eigenvalue weighted by Gasteiger charge is -2.07. The molecule has 0 atom stereocenters. The van der Waals surface area contributed by atoms with Gasteiger partial charge in [0.05, 0.1) is 5.69 Å².